The number of ether oxygens (including phenoxy) is 6. The van der Waals surface area contributed by atoms with Crippen molar-refractivity contribution >= 4 is 62.7 Å². The minimum atomic E-state index is -3.74. The van der Waals surface area contributed by atoms with Gasteiger partial charge >= 0.3 is 5.82 Å². The van der Waals surface area contributed by atoms with Crippen LogP contribution in [0.5, 0.6) is 0 Å². The molecule has 0 saturated carbocycles. The van der Waals surface area contributed by atoms with Crippen LogP contribution >= 0.6 is 10.7 Å². The summed E-state index contributed by atoms with van der Waals surface area (Å²) in [4.78, 5) is 22.6. The van der Waals surface area contributed by atoms with E-state index in [-0.39, 0.29) is 44.7 Å². The molecule has 0 atom stereocenters. The summed E-state index contributed by atoms with van der Waals surface area (Å²) < 4.78 is 108. The molecule has 7 aromatic rings. The molecule has 96 heavy (non-hydrogen) atoms. The predicted octanol–water partition coefficient (Wildman–Crippen LogP) is 4.08. The van der Waals surface area contributed by atoms with E-state index in [4.69, 9.17) is 55.7 Å². The molecule has 1 fully saturated rings. The van der Waals surface area contributed by atoms with Crippen molar-refractivity contribution in [2.24, 2.45) is 5.14 Å². The smallest absolute Gasteiger partial charge is 0.390 e. The number of nitrogens with two attached hydrogens (primary N) is 3. The van der Waals surface area contributed by atoms with Crippen LogP contribution in [0, 0.1) is 10.1 Å². The number of sulfonamides is 1. The summed E-state index contributed by atoms with van der Waals surface area (Å²) >= 11 is 0. The van der Waals surface area contributed by atoms with Gasteiger partial charge < -0.3 is 61.6 Å². The fraction of sp³-hybridized carbons (Fsp3) is 0.541. The lowest BCUT2D eigenvalue weighted by molar-refractivity contribution is -0.389. The molecule has 1 saturated heterocycles. The number of aryl methyl sites for hydroxylation is 4. The molecule has 0 unspecified atom stereocenters. The second-order valence-electron chi connectivity index (χ2n) is 24.0. The van der Waals surface area contributed by atoms with Gasteiger partial charge in [-0.2, -0.15) is 25.1 Å². The molecule has 5 aromatic heterocycles. The van der Waals surface area contributed by atoms with Crippen molar-refractivity contribution in [3.8, 4) is 0 Å². The molecule has 0 bridgehead atoms. The maximum atomic E-state index is 12.8. The highest BCUT2D eigenvalue weighted by Gasteiger charge is 2.30. The number of benzene rings is 2. The molecule has 524 valence electrons. The van der Waals surface area contributed by atoms with E-state index >= 15 is 0 Å². The van der Waals surface area contributed by atoms with Gasteiger partial charge in [0.15, 0.2) is 20.9 Å². The maximum absolute atomic E-state index is 12.8. The summed E-state index contributed by atoms with van der Waals surface area (Å²) in [6.45, 7) is 10.3. The first-order valence-electron chi connectivity index (χ1n) is 31.6. The van der Waals surface area contributed by atoms with Gasteiger partial charge in [-0.1, -0.05) is 12.1 Å². The molecule has 0 spiro atoms. The highest BCUT2D eigenvalue weighted by Crippen LogP contribution is 2.38. The lowest BCUT2D eigenvalue weighted by Gasteiger charge is -2.14. The van der Waals surface area contributed by atoms with E-state index in [1.807, 2.05) is 10.7 Å². The van der Waals surface area contributed by atoms with Crippen molar-refractivity contribution in [1.29, 1.82) is 0 Å². The number of carbonyl (C=O) groups excluding carboxylic acids is 1. The Morgan fingerprint density at radius 2 is 0.865 bits per heavy atom. The number of rotatable bonds is 8. The molecule has 31 nitrogen and oxygen atoms in total. The largest absolute Gasteiger partial charge is 0.412 e. The zero-order chi connectivity index (χ0) is 66.2. The number of hydrogen-bond acceptors (Lipinski definition) is 23. The standard InChI is InChI=1S/C21H24N2O4S.C12H15N.C6H7ClN2O3S.C6H9N3O3S.C6H7N3O3.C6H9N3O.C4H8O.H3N.H2O/c24-17(13-28(25,26)21-10-16-12-27-8-7-23(16)22-21)11-20-18-5-1-3-14(18)9-15-4-2-6-19(15)20;13-12-10-5-1-3-8(10)7-9-4-2-6-11(9)12;2*7-13(10,11)6-3-5-4-12-2-1-9(5)8-6;10-9(11)6-3-5-4-12-2-1-8(5)7-6;7-6-3-5-4-10-2-1-9(5)8-6;1-2-4-5-3-1;;/h9-10H,1-8,11-13H2;7H,1-6,13H2;3H,1-2,4H2;3H,1-2,4H2,(H2,7,10,11);3H,1-2,4H2;3H,1-2,4H2,(H2,7,8);1-4H2;1H3;1H2. The van der Waals surface area contributed by atoms with Crippen LogP contribution in [0.1, 0.15) is 117 Å². The summed E-state index contributed by atoms with van der Waals surface area (Å²) in [5.74, 6) is -0.240. The van der Waals surface area contributed by atoms with Gasteiger partial charge in [0.2, 0.25) is 9.84 Å². The quantitative estimate of drug-likeness (QED) is 0.0720. The van der Waals surface area contributed by atoms with Gasteiger partial charge in [0.1, 0.15) is 11.6 Å². The molecule has 2 aromatic carbocycles. The number of carbonyl (C=O) groups is 1. The molecule has 11 heterocycles. The highest BCUT2D eigenvalue weighted by atomic mass is 35.7. The third kappa shape index (κ3) is 18.2. The van der Waals surface area contributed by atoms with Gasteiger partial charge in [0, 0.05) is 60.3 Å². The van der Waals surface area contributed by atoms with E-state index in [1.54, 1.807) is 24.8 Å². The van der Waals surface area contributed by atoms with E-state index < -0.39 is 39.6 Å². The Morgan fingerprint density at radius 1 is 0.490 bits per heavy atom. The van der Waals surface area contributed by atoms with E-state index in [1.165, 1.54) is 114 Å². The Labute approximate surface area is 560 Å². The average molecular weight is 1420 g/mol. The summed E-state index contributed by atoms with van der Waals surface area (Å²) in [6.07, 6.45) is 16.8. The lowest BCUT2D eigenvalue weighted by Crippen LogP contribution is -2.20. The first kappa shape index (κ1) is 73.2. The zero-order valence-corrected chi connectivity index (χ0v) is 56.7. The minimum absolute atomic E-state index is 0. The van der Waals surface area contributed by atoms with Gasteiger partial charge in [-0.15, -0.1) is 0 Å². The van der Waals surface area contributed by atoms with Crippen molar-refractivity contribution < 1.29 is 68.9 Å². The van der Waals surface area contributed by atoms with E-state index in [0.29, 0.717) is 91.5 Å². The fourth-order valence-corrected chi connectivity index (χ4v) is 15.4. The highest BCUT2D eigenvalue weighted by molar-refractivity contribution is 8.13. The number of ketones is 1. The van der Waals surface area contributed by atoms with Crippen LogP contribution in [-0.4, -0.2) is 142 Å². The number of anilines is 2. The fourth-order valence-electron chi connectivity index (χ4n) is 12.9. The molecule has 35 heteroatoms. The van der Waals surface area contributed by atoms with Crippen molar-refractivity contribution in [1.82, 2.24) is 55.1 Å². The van der Waals surface area contributed by atoms with Gasteiger partial charge in [0.05, 0.1) is 138 Å². The number of nitrogen functional groups attached to an aromatic ring is 2. The normalized spacial score (nSPS) is 17.4. The minimum Gasteiger partial charge on any atom is -0.412 e. The van der Waals surface area contributed by atoms with Gasteiger partial charge in [-0.3, -0.25) is 23.5 Å². The molecule has 10 aliphatic rings. The van der Waals surface area contributed by atoms with Crippen LogP contribution in [0.15, 0.2) is 57.5 Å². The van der Waals surface area contributed by atoms with Crippen LogP contribution in [0.2, 0.25) is 0 Å². The van der Waals surface area contributed by atoms with Crippen molar-refractivity contribution in [3.63, 3.8) is 0 Å². The number of halogens is 1. The van der Waals surface area contributed by atoms with E-state index in [0.717, 1.165) is 105 Å². The Balaban J connectivity index is 0.000000138. The predicted molar refractivity (Wildman–Crippen MR) is 350 cm³/mol. The molecule has 0 radical (unpaired) electrons. The van der Waals surface area contributed by atoms with Crippen LogP contribution in [0.3, 0.4) is 0 Å². The molecule has 6 aliphatic heterocycles. The molecule has 11 N–H and O–H groups in total. The molecule has 17 rings (SSSR count). The van der Waals surface area contributed by atoms with Gasteiger partial charge in [-0.25, -0.2) is 30.4 Å². The number of fused-ring (bicyclic) bond motifs is 9. The summed E-state index contributed by atoms with van der Waals surface area (Å²) in [5.41, 5.74) is 29.4. The Morgan fingerprint density at radius 3 is 1.26 bits per heavy atom. The Hall–Kier alpha value is -7.06. The Kier molecular flexibility index (Phi) is 24.8. The summed E-state index contributed by atoms with van der Waals surface area (Å²) in [6, 6.07) is 12.4. The SMILES string of the molecule is C1CCOC1.N.NS(=O)(=O)c1cc2n(n1)CCOC2.Nc1c2c(cc3c1CCC3)CCC2.Nc1cc2n(n1)CCOC2.O.O=C(Cc1c2c(cc3c1CCC3)CCC2)CS(=O)(=O)c1cc2n(n1)CCOC2.O=S(=O)(Cl)c1cc2n(n1)CCOC2.O=[N+]([O-])c1cc2n(n1)CCOC2. The third-order valence-corrected chi connectivity index (χ3v) is 21.0. The number of hydrogen-bond donors (Lipinski definition) is 4. The number of Topliss-reactive ketones (excluding diaryl/α,β-unsaturated/α-hetero) is 1. The van der Waals surface area contributed by atoms with Crippen molar-refractivity contribution in [2.45, 2.75) is 177 Å². The maximum Gasteiger partial charge on any atom is 0.390 e. The second kappa shape index (κ2) is 32.5. The van der Waals surface area contributed by atoms with E-state index in [9.17, 15) is 40.2 Å². The number of primary sulfonamides is 1. The molecular formula is C61H84ClN15O16S3. The van der Waals surface area contributed by atoms with Gasteiger partial charge in [-0.05, 0) is 145 Å². The summed E-state index contributed by atoms with van der Waals surface area (Å²) in [5, 5.41) is 34.8. The molecule has 4 aliphatic carbocycles. The third-order valence-electron chi connectivity index (χ3n) is 17.5. The first-order chi connectivity index (χ1) is 45.1. The lowest BCUT2D eigenvalue weighted by atomic mass is 9.91. The molecule has 0 amide bonds. The van der Waals surface area contributed by atoms with Crippen molar-refractivity contribution in [3.05, 3.63) is 131 Å². The number of aromatic nitrogens is 10. The van der Waals surface area contributed by atoms with Gasteiger partial charge in [0.25, 0.3) is 19.1 Å². The number of sulfone groups is 1. The topological polar surface area (TPSA) is 452 Å². The summed E-state index contributed by atoms with van der Waals surface area (Å²) in [7, 11) is -6.00. The number of nitro groups is 1. The monoisotopic (exact) mass is 1410 g/mol. The van der Waals surface area contributed by atoms with Crippen molar-refractivity contribution in [2.75, 3.05) is 63.5 Å². The average Bonchev–Trinajstić information content (AvgIpc) is 1.59. The van der Waals surface area contributed by atoms with E-state index in [2.05, 4.69) is 37.6 Å². The molecular weight excluding hydrogens is 1330 g/mol. The Bertz CT molecular complexity index is 3990. The zero-order valence-electron chi connectivity index (χ0n) is 53.5. The van der Waals surface area contributed by atoms with Crippen LogP contribution in [-0.2, 0) is 186 Å². The second-order valence-corrected chi connectivity index (χ2v) is 30.0. The van der Waals surface area contributed by atoms with Crippen LogP contribution < -0.4 is 22.8 Å². The number of nitrogens with zero attached hydrogens (tertiary/aromatic N) is 11. The van der Waals surface area contributed by atoms with Crippen LogP contribution in [0.25, 0.3) is 0 Å². The first-order valence-corrected chi connectivity index (χ1v) is 37.1. The van der Waals surface area contributed by atoms with Crippen LogP contribution in [0.4, 0.5) is 17.3 Å².